The predicted molar refractivity (Wildman–Crippen MR) is 100 cm³/mol. The molecule has 0 saturated heterocycles. The largest absolute Gasteiger partial charge is 0.0876 e. The number of hydrogen-bond donors (Lipinski definition) is 0. The van der Waals surface area contributed by atoms with E-state index in [9.17, 15) is 0 Å². The minimum absolute atomic E-state index is 0.947. The van der Waals surface area contributed by atoms with Crippen molar-refractivity contribution >= 4 is 29.2 Å². The van der Waals surface area contributed by atoms with E-state index in [1.54, 1.807) is 5.19 Å². The van der Waals surface area contributed by atoms with Gasteiger partial charge in [-0.05, 0) is 24.5 Å². The van der Waals surface area contributed by atoms with E-state index < -0.39 is 8.07 Å². The molecule has 0 bridgehead atoms. The van der Waals surface area contributed by atoms with Gasteiger partial charge in [0, 0.05) is 5.33 Å². The van der Waals surface area contributed by atoms with E-state index in [4.69, 9.17) is 0 Å². The zero-order chi connectivity index (χ0) is 15.3. The van der Waals surface area contributed by atoms with Gasteiger partial charge in [0.15, 0.2) is 0 Å². The van der Waals surface area contributed by atoms with Gasteiger partial charge in [-0.3, -0.25) is 0 Å². The molecule has 2 aromatic carbocycles. The van der Waals surface area contributed by atoms with Crippen molar-refractivity contribution in [2.45, 2.75) is 44.2 Å². The standard InChI is InChI=1S/C19H25BrSi/c1-16-6-8-17(9-7-16)5-4-14-21(2,3)19-12-10-18(15-20)11-13-19/h6-13H,4-5,14-15H2,1-3H3. The molecule has 0 aliphatic rings. The first-order valence-corrected chi connectivity index (χ1v) is 12.0. The Bertz CT molecular complexity index is 555. The van der Waals surface area contributed by atoms with Crippen molar-refractivity contribution < 1.29 is 0 Å². The van der Waals surface area contributed by atoms with Gasteiger partial charge in [0.2, 0.25) is 0 Å². The van der Waals surface area contributed by atoms with Crippen molar-refractivity contribution in [1.82, 2.24) is 0 Å². The summed E-state index contributed by atoms with van der Waals surface area (Å²) in [6.45, 7) is 7.13. The first kappa shape index (κ1) is 16.5. The van der Waals surface area contributed by atoms with E-state index in [0.29, 0.717) is 0 Å². The van der Waals surface area contributed by atoms with Crippen LogP contribution in [0.15, 0.2) is 48.5 Å². The molecule has 2 heteroatoms. The third-order valence-electron chi connectivity index (χ3n) is 4.28. The zero-order valence-electron chi connectivity index (χ0n) is 13.3. The summed E-state index contributed by atoms with van der Waals surface area (Å²) in [7, 11) is -1.30. The van der Waals surface area contributed by atoms with E-state index in [2.05, 4.69) is 84.5 Å². The van der Waals surface area contributed by atoms with Gasteiger partial charge in [0.1, 0.15) is 0 Å². The van der Waals surface area contributed by atoms with Gasteiger partial charge < -0.3 is 0 Å². The summed E-state index contributed by atoms with van der Waals surface area (Å²) in [4.78, 5) is 0. The molecule has 0 aromatic heterocycles. The first-order chi connectivity index (χ1) is 10.0. The Labute approximate surface area is 138 Å². The molecule has 0 radical (unpaired) electrons. The van der Waals surface area contributed by atoms with Gasteiger partial charge >= 0.3 is 0 Å². The van der Waals surface area contributed by atoms with Crippen molar-refractivity contribution in [3.63, 3.8) is 0 Å². The summed E-state index contributed by atoms with van der Waals surface area (Å²) in [5, 5.41) is 2.53. The van der Waals surface area contributed by atoms with Crippen molar-refractivity contribution in [2.24, 2.45) is 0 Å². The fourth-order valence-electron chi connectivity index (χ4n) is 2.68. The molecule has 0 saturated carbocycles. The summed E-state index contributed by atoms with van der Waals surface area (Å²) in [5.41, 5.74) is 4.18. The maximum atomic E-state index is 3.52. The van der Waals surface area contributed by atoms with Crippen LogP contribution in [0.1, 0.15) is 23.1 Å². The van der Waals surface area contributed by atoms with Crippen molar-refractivity contribution in [3.8, 4) is 0 Å². The highest BCUT2D eigenvalue weighted by molar-refractivity contribution is 9.08. The van der Waals surface area contributed by atoms with Crippen molar-refractivity contribution in [2.75, 3.05) is 0 Å². The SMILES string of the molecule is Cc1ccc(CCC[Si](C)(C)c2ccc(CBr)cc2)cc1. The monoisotopic (exact) mass is 360 g/mol. The minimum atomic E-state index is -1.30. The van der Waals surface area contributed by atoms with Crippen LogP contribution in [-0.4, -0.2) is 8.07 Å². The first-order valence-electron chi connectivity index (χ1n) is 7.72. The summed E-state index contributed by atoms with van der Waals surface area (Å²) in [5.74, 6) is 0. The highest BCUT2D eigenvalue weighted by atomic mass is 79.9. The number of benzene rings is 2. The van der Waals surface area contributed by atoms with Crippen molar-refractivity contribution in [1.29, 1.82) is 0 Å². The molecule has 0 nitrogen and oxygen atoms in total. The fraction of sp³-hybridized carbons (Fsp3) is 0.368. The van der Waals surface area contributed by atoms with Crippen LogP contribution in [0.2, 0.25) is 19.1 Å². The zero-order valence-corrected chi connectivity index (χ0v) is 15.9. The second-order valence-corrected chi connectivity index (χ2v) is 12.0. The second kappa shape index (κ2) is 7.41. The summed E-state index contributed by atoms with van der Waals surface area (Å²) in [6, 6.07) is 19.5. The van der Waals surface area contributed by atoms with Crippen LogP contribution < -0.4 is 5.19 Å². The minimum Gasteiger partial charge on any atom is -0.0876 e. The molecule has 2 rings (SSSR count). The lowest BCUT2D eigenvalue weighted by molar-refractivity contribution is 0.903. The van der Waals surface area contributed by atoms with Gasteiger partial charge in [-0.25, -0.2) is 0 Å². The van der Waals surface area contributed by atoms with E-state index in [1.165, 1.54) is 35.6 Å². The molecule has 21 heavy (non-hydrogen) atoms. The summed E-state index contributed by atoms with van der Waals surface area (Å²) in [6.07, 6.45) is 2.50. The Balaban J connectivity index is 1.92. The van der Waals surface area contributed by atoms with Crippen LogP contribution in [0.4, 0.5) is 0 Å². The van der Waals surface area contributed by atoms with Gasteiger partial charge in [-0.15, -0.1) is 0 Å². The molecule has 0 aliphatic carbocycles. The molecular weight excluding hydrogens is 336 g/mol. The Morgan fingerprint density at radius 3 is 2.00 bits per heavy atom. The molecule has 0 heterocycles. The average molecular weight is 361 g/mol. The Morgan fingerprint density at radius 1 is 0.857 bits per heavy atom. The molecule has 0 N–H and O–H groups in total. The fourth-order valence-corrected chi connectivity index (χ4v) is 5.47. The lowest BCUT2D eigenvalue weighted by Crippen LogP contribution is -2.41. The van der Waals surface area contributed by atoms with Crippen LogP contribution in [0, 0.1) is 6.92 Å². The molecule has 0 spiro atoms. The summed E-state index contributed by atoms with van der Waals surface area (Å²) >= 11 is 3.52. The molecular formula is C19H25BrSi. The number of halogens is 1. The van der Waals surface area contributed by atoms with Gasteiger partial charge in [-0.2, -0.15) is 0 Å². The van der Waals surface area contributed by atoms with E-state index >= 15 is 0 Å². The maximum Gasteiger partial charge on any atom is 0.0806 e. The Kier molecular flexibility index (Phi) is 5.83. The average Bonchev–Trinajstić information content (AvgIpc) is 2.49. The topological polar surface area (TPSA) is 0 Å². The third-order valence-corrected chi connectivity index (χ3v) is 8.42. The number of alkyl halides is 1. The van der Waals surface area contributed by atoms with Crippen LogP contribution in [0.25, 0.3) is 0 Å². The maximum absolute atomic E-state index is 3.52. The second-order valence-electron chi connectivity index (χ2n) is 6.55. The van der Waals surface area contributed by atoms with Crippen LogP contribution in [0.5, 0.6) is 0 Å². The number of rotatable bonds is 6. The van der Waals surface area contributed by atoms with Crippen LogP contribution >= 0.6 is 15.9 Å². The van der Waals surface area contributed by atoms with Crippen LogP contribution in [-0.2, 0) is 11.8 Å². The highest BCUT2D eigenvalue weighted by Crippen LogP contribution is 2.16. The van der Waals surface area contributed by atoms with Crippen LogP contribution in [0.3, 0.4) is 0 Å². The normalized spacial score (nSPS) is 11.6. The highest BCUT2D eigenvalue weighted by Gasteiger charge is 2.22. The molecule has 0 unspecified atom stereocenters. The molecule has 112 valence electrons. The quantitative estimate of drug-likeness (QED) is 0.475. The van der Waals surface area contributed by atoms with Gasteiger partial charge in [0.05, 0.1) is 8.07 Å². The molecule has 0 aliphatic heterocycles. The van der Waals surface area contributed by atoms with E-state index in [1.807, 2.05) is 0 Å². The van der Waals surface area contributed by atoms with Crippen molar-refractivity contribution in [3.05, 3.63) is 65.2 Å². The number of aryl methyl sites for hydroxylation is 2. The molecule has 2 aromatic rings. The Morgan fingerprint density at radius 2 is 1.43 bits per heavy atom. The smallest absolute Gasteiger partial charge is 0.0806 e. The predicted octanol–water partition coefficient (Wildman–Crippen LogP) is 5.44. The summed E-state index contributed by atoms with van der Waals surface area (Å²) < 4.78 is 0. The molecule has 0 fully saturated rings. The third kappa shape index (κ3) is 4.82. The van der Waals surface area contributed by atoms with Gasteiger partial charge in [-0.1, -0.05) is 101 Å². The molecule has 0 amide bonds. The van der Waals surface area contributed by atoms with E-state index in [0.717, 1.165) is 5.33 Å². The lowest BCUT2D eigenvalue weighted by atomic mass is 10.1. The lowest BCUT2D eigenvalue weighted by Gasteiger charge is -2.23. The van der Waals surface area contributed by atoms with E-state index in [-0.39, 0.29) is 0 Å². The molecule has 0 atom stereocenters. The number of hydrogen-bond acceptors (Lipinski definition) is 0. The van der Waals surface area contributed by atoms with Gasteiger partial charge in [0.25, 0.3) is 0 Å². The Hall–Kier alpha value is -0.863.